The normalized spacial score (nSPS) is 13.2. The van der Waals surface area contributed by atoms with Gasteiger partial charge in [0, 0.05) is 81.7 Å². The van der Waals surface area contributed by atoms with Gasteiger partial charge in [-0.3, -0.25) is 14.0 Å². The minimum absolute atomic E-state index is 0.0109. The molecule has 1 aliphatic heterocycles. The summed E-state index contributed by atoms with van der Waals surface area (Å²) in [7, 11) is -8.62. The van der Waals surface area contributed by atoms with Crippen molar-refractivity contribution in [1.82, 2.24) is 34.3 Å². The number of rotatable bonds is 13. The van der Waals surface area contributed by atoms with E-state index in [4.69, 9.17) is 0 Å². The molecule has 0 spiro atoms. The van der Waals surface area contributed by atoms with Gasteiger partial charge in [0.1, 0.15) is 11.4 Å². The fourth-order valence-electron chi connectivity index (χ4n) is 7.60. The second kappa shape index (κ2) is 20.1. The average Bonchev–Trinajstić information content (AvgIpc) is 4.03. The lowest BCUT2D eigenvalue weighted by Crippen LogP contribution is -2.29. The van der Waals surface area contributed by atoms with Gasteiger partial charge in [-0.15, -0.1) is 0 Å². The topological polar surface area (TPSA) is 233 Å². The van der Waals surface area contributed by atoms with E-state index < -0.39 is 29.7 Å². The van der Waals surface area contributed by atoms with Crippen LogP contribution in [0.5, 0.6) is 5.75 Å². The van der Waals surface area contributed by atoms with Crippen molar-refractivity contribution < 1.29 is 39.9 Å². The smallest absolute Gasteiger partial charge is 0.267 e. The molecule has 356 valence electrons. The van der Waals surface area contributed by atoms with Crippen LogP contribution in [0.25, 0.3) is 16.7 Å². The number of sulfonamides is 1. The Bertz CT molecular complexity index is 3520. The molecule has 0 atom stereocenters. The predicted molar refractivity (Wildman–Crippen MR) is 259 cm³/mol. The van der Waals surface area contributed by atoms with Crippen LogP contribution in [0.15, 0.2) is 171 Å². The molecular weight excluding hydrogens is 941 g/mol. The quantitative estimate of drug-likeness (QED) is 0.0988. The Morgan fingerprint density at radius 2 is 1.26 bits per heavy atom. The van der Waals surface area contributed by atoms with Crippen molar-refractivity contribution in [3.8, 4) is 5.75 Å². The number of H-pyrrole nitrogens is 1. The lowest BCUT2D eigenvalue weighted by molar-refractivity contribution is 0.0940. The van der Waals surface area contributed by atoms with Crippen LogP contribution in [0.3, 0.4) is 0 Å². The largest absolute Gasteiger partial charge is 0.508 e. The Morgan fingerprint density at radius 3 is 1.90 bits per heavy atom. The summed E-state index contributed by atoms with van der Waals surface area (Å²) in [6.45, 7) is 2.33. The lowest BCUT2D eigenvalue weighted by atomic mass is 10.1. The molecule has 0 aliphatic carbocycles. The SMILES string of the molecule is CN(C)S(=O)(=O)c1cccc(S(=O)(=O)c2ccc(CNC(=O)c3cnc4nccn4c3)cc2)c1.O=C(NCc1ccc(S(=O)(=O)c2cccc(N3CCCCC3)c2)cc1)c1cc2cc(O)ccc2[nH]1. The molecule has 5 aromatic carbocycles. The number of aromatic amines is 1. The minimum atomic E-state index is -3.94. The van der Waals surface area contributed by atoms with Crippen molar-refractivity contribution >= 4 is 63.9 Å². The third-order valence-corrected chi connectivity index (χ3v) is 16.8. The predicted octanol–water partition coefficient (Wildman–Crippen LogP) is 6.37. The zero-order valence-corrected chi connectivity index (χ0v) is 39.9. The van der Waals surface area contributed by atoms with Gasteiger partial charge in [-0.1, -0.05) is 36.4 Å². The Morgan fingerprint density at radius 1 is 0.667 bits per heavy atom. The number of nitrogens with one attached hydrogen (secondary N) is 3. The number of aromatic nitrogens is 4. The molecule has 0 bridgehead atoms. The van der Waals surface area contributed by atoms with Crippen molar-refractivity contribution in [3.63, 3.8) is 0 Å². The van der Waals surface area contributed by atoms with Gasteiger partial charge in [0.25, 0.3) is 11.8 Å². The van der Waals surface area contributed by atoms with Crippen LogP contribution in [-0.2, 0) is 42.8 Å². The van der Waals surface area contributed by atoms with Gasteiger partial charge in [0.15, 0.2) is 0 Å². The van der Waals surface area contributed by atoms with Gasteiger partial charge in [-0.2, -0.15) is 0 Å². The average molecular weight is 989 g/mol. The first-order valence-electron chi connectivity index (χ1n) is 21.7. The number of sulfone groups is 2. The number of anilines is 1. The summed E-state index contributed by atoms with van der Waals surface area (Å²) < 4.78 is 79.9. The van der Waals surface area contributed by atoms with Gasteiger partial charge >= 0.3 is 0 Å². The third-order valence-electron chi connectivity index (χ3n) is 11.5. The number of imidazole rings is 1. The zero-order valence-electron chi connectivity index (χ0n) is 37.5. The van der Waals surface area contributed by atoms with Crippen molar-refractivity contribution in [2.24, 2.45) is 0 Å². The standard InChI is InChI=1S/C27H27N3O4S.C22H21N5O5S2/c31-22-9-12-25-20(15-22)16-26(29-25)27(32)28-18-19-7-10-23(11-8-19)35(33,34)24-6-4-5-21(17-24)30-13-2-1-3-14-30;1-26(2)34(31,32)20-5-3-4-19(12-20)33(29,30)18-8-6-16(7-9-18)13-24-21(28)17-14-25-22-23-10-11-27(22)15-17/h4-12,15-17,29,31H,1-3,13-14,18H2,(H,28,32);3-12,14-15H,13H2,1-2H3,(H,24,28). The highest BCUT2D eigenvalue weighted by molar-refractivity contribution is 7.92. The van der Waals surface area contributed by atoms with Crippen molar-refractivity contribution in [2.45, 2.75) is 56.8 Å². The summed E-state index contributed by atoms with van der Waals surface area (Å²) in [5, 5.41) is 15.9. The summed E-state index contributed by atoms with van der Waals surface area (Å²) in [6, 6.07) is 31.5. The molecule has 2 amide bonds. The molecule has 8 aromatic rings. The molecule has 69 heavy (non-hydrogen) atoms. The van der Waals surface area contributed by atoms with E-state index in [0.717, 1.165) is 58.5 Å². The van der Waals surface area contributed by atoms with Crippen LogP contribution in [-0.4, -0.2) is 93.0 Å². The molecule has 20 heteroatoms. The van der Waals surface area contributed by atoms with E-state index in [1.807, 2.05) is 6.07 Å². The van der Waals surface area contributed by atoms with Gasteiger partial charge in [-0.25, -0.2) is 39.5 Å². The lowest BCUT2D eigenvalue weighted by Gasteiger charge is -2.29. The van der Waals surface area contributed by atoms with Crippen molar-refractivity contribution in [1.29, 1.82) is 0 Å². The van der Waals surface area contributed by atoms with Crippen LogP contribution < -0.4 is 15.5 Å². The number of piperidine rings is 1. The van der Waals surface area contributed by atoms with E-state index >= 15 is 0 Å². The first-order chi connectivity index (χ1) is 33.0. The number of carbonyl (C=O) groups is 2. The molecule has 4 heterocycles. The summed E-state index contributed by atoms with van der Waals surface area (Å²) in [5.74, 6) is 0.000510. The summed E-state index contributed by atoms with van der Waals surface area (Å²) in [5.41, 5.74) is 3.92. The highest BCUT2D eigenvalue weighted by Crippen LogP contribution is 2.28. The van der Waals surface area contributed by atoms with E-state index in [1.165, 1.54) is 57.0 Å². The molecule has 3 aromatic heterocycles. The molecule has 0 unspecified atom stereocenters. The second-order valence-electron chi connectivity index (χ2n) is 16.4. The monoisotopic (exact) mass is 988 g/mol. The van der Waals surface area contributed by atoms with Gasteiger partial charge in [0.2, 0.25) is 35.5 Å². The van der Waals surface area contributed by atoms with Crippen molar-refractivity contribution in [3.05, 3.63) is 168 Å². The third kappa shape index (κ3) is 10.8. The van der Waals surface area contributed by atoms with Crippen LogP contribution in [0, 0.1) is 0 Å². The molecule has 9 rings (SSSR count). The highest BCUT2D eigenvalue weighted by Gasteiger charge is 2.24. The van der Waals surface area contributed by atoms with Crippen LogP contribution >= 0.6 is 0 Å². The van der Waals surface area contributed by atoms with Crippen LogP contribution in [0.1, 0.15) is 51.2 Å². The number of phenolic OH excluding ortho intramolecular Hbond substituents is 1. The van der Waals surface area contributed by atoms with Gasteiger partial charge < -0.3 is 25.6 Å². The van der Waals surface area contributed by atoms with E-state index in [9.17, 15) is 39.9 Å². The number of hydrogen-bond acceptors (Lipinski definition) is 12. The number of fused-ring (bicyclic) bond motifs is 2. The van der Waals surface area contributed by atoms with Crippen LogP contribution in [0.2, 0.25) is 0 Å². The molecule has 0 radical (unpaired) electrons. The number of phenols is 1. The summed E-state index contributed by atoms with van der Waals surface area (Å²) in [6.07, 6.45) is 9.77. The van der Waals surface area contributed by atoms with Crippen LogP contribution in [0.4, 0.5) is 5.69 Å². The molecule has 0 saturated carbocycles. The van der Waals surface area contributed by atoms with E-state index in [-0.39, 0.29) is 55.1 Å². The van der Waals surface area contributed by atoms with E-state index in [0.29, 0.717) is 22.6 Å². The van der Waals surface area contributed by atoms with E-state index in [2.05, 4.69) is 30.5 Å². The highest BCUT2D eigenvalue weighted by atomic mass is 32.2. The Labute approximate surface area is 399 Å². The molecule has 1 saturated heterocycles. The molecule has 4 N–H and O–H groups in total. The molecule has 1 aliphatic rings. The fourth-order valence-corrected chi connectivity index (χ4v) is 11.2. The maximum atomic E-state index is 13.2. The molecule has 17 nitrogen and oxygen atoms in total. The van der Waals surface area contributed by atoms with Crippen molar-refractivity contribution in [2.75, 3.05) is 32.1 Å². The maximum Gasteiger partial charge on any atom is 0.267 e. The number of hydrogen-bond donors (Lipinski definition) is 4. The Hall–Kier alpha value is -7.39. The number of benzene rings is 5. The molecular formula is C49H48N8O9S3. The number of nitrogens with zero attached hydrogens (tertiary/aromatic N) is 5. The second-order valence-corrected chi connectivity index (χ2v) is 22.5. The Balaban J connectivity index is 0.000000186. The van der Waals surface area contributed by atoms with E-state index in [1.54, 1.807) is 102 Å². The van der Waals surface area contributed by atoms with Gasteiger partial charge in [-0.05, 0) is 115 Å². The fraction of sp³-hybridized carbons (Fsp3) is 0.184. The summed E-state index contributed by atoms with van der Waals surface area (Å²) >= 11 is 0. The first kappa shape index (κ1) is 48.1. The number of amides is 2. The zero-order chi connectivity index (χ0) is 48.9. The minimum Gasteiger partial charge on any atom is -0.508 e. The first-order valence-corrected chi connectivity index (χ1v) is 26.1. The van der Waals surface area contributed by atoms with Gasteiger partial charge in [0.05, 0.1) is 30.0 Å². The number of carbonyl (C=O) groups excluding carboxylic acids is 2. The maximum absolute atomic E-state index is 13.2. The Kier molecular flexibility index (Phi) is 14.0. The molecule has 1 fully saturated rings. The number of aromatic hydroxyl groups is 1. The summed E-state index contributed by atoms with van der Waals surface area (Å²) in [4.78, 5) is 38.6.